The lowest BCUT2D eigenvalue weighted by Crippen LogP contribution is -2.13. The maximum Gasteiger partial charge on any atom is 0.224 e. The van der Waals surface area contributed by atoms with E-state index in [1.807, 2.05) is 25.2 Å². The zero-order valence-electron chi connectivity index (χ0n) is 12.0. The molecule has 0 unspecified atom stereocenters. The van der Waals surface area contributed by atoms with Gasteiger partial charge >= 0.3 is 0 Å². The van der Waals surface area contributed by atoms with Crippen LogP contribution < -0.4 is 10.6 Å². The molecule has 2 aromatic heterocycles. The summed E-state index contributed by atoms with van der Waals surface area (Å²) in [4.78, 5) is 14.6. The molecule has 0 bridgehead atoms. The molecule has 2 heterocycles. The van der Waals surface area contributed by atoms with Crippen LogP contribution in [0.4, 0.5) is 11.8 Å². The van der Waals surface area contributed by atoms with E-state index in [9.17, 15) is 10.2 Å². The minimum Gasteiger partial charge on any atom is -0.395 e. The molecule has 0 amide bonds. The van der Waals surface area contributed by atoms with Crippen molar-refractivity contribution in [3.63, 3.8) is 0 Å². The number of imidazole rings is 1. The van der Waals surface area contributed by atoms with Gasteiger partial charge in [0, 0.05) is 25.7 Å². The van der Waals surface area contributed by atoms with Crippen LogP contribution >= 0.6 is 0 Å². The highest BCUT2D eigenvalue weighted by Crippen LogP contribution is 2.51. The van der Waals surface area contributed by atoms with Crippen molar-refractivity contribution >= 4 is 29.1 Å². The molecule has 8 nitrogen and oxygen atoms in total. The number of rotatable bonds is 4. The Kier molecular flexibility index (Phi) is 3.07. The predicted molar refractivity (Wildman–Crippen MR) is 79.6 cm³/mol. The molecule has 1 aliphatic carbocycles. The molecule has 0 spiro atoms. The van der Waals surface area contributed by atoms with Crippen LogP contribution in [0.15, 0.2) is 11.9 Å². The van der Waals surface area contributed by atoms with Gasteiger partial charge in [0.15, 0.2) is 17.0 Å². The zero-order chi connectivity index (χ0) is 15.2. The zero-order valence-corrected chi connectivity index (χ0v) is 12.0. The Bertz CT molecular complexity index is 717. The minimum absolute atomic E-state index is 0.0674. The first-order valence-electron chi connectivity index (χ1n) is 6.61. The second-order valence-electron chi connectivity index (χ2n) is 5.55. The maximum absolute atomic E-state index is 9.35. The molecule has 1 fully saturated rings. The van der Waals surface area contributed by atoms with Gasteiger partial charge in [0.05, 0.1) is 13.2 Å². The second kappa shape index (κ2) is 4.68. The van der Waals surface area contributed by atoms with Crippen molar-refractivity contribution in [3.05, 3.63) is 11.9 Å². The number of nitrogens with two attached hydrogens (primary N) is 1. The minimum atomic E-state index is -0.500. The molecule has 4 N–H and O–H groups in total. The van der Waals surface area contributed by atoms with Crippen molar-refractivity contribution in [1.82, 2.24) is 19.5 Å². The lowest BCUT2D eigenvalue weighted by atomic mass is 10.1. The SMILES string of the molecule is CN(C)c1nc(N)nc2c1ncn2/C=C1/CC1(CO)CO. The summed E-state index contributed by atoms with van der Waals surface area (Å²) < 4.78 is 1.75. The Morgan fingerprint density at radius 3 is 2.67 bits per heavy atom. The largest absolute Gasteiger partial charge is 0.395 e. The van der Waals surface area contributed by atoms with Crippen molar-refractivity contribution in [2.24, 2.45) is 5.41 Å². The van der Waals surface area contributed by atoms with E-state index in [4.69, 9.17) is 5.73 Å². The normalized spacial score (nSPS) is 18.4. The van der Waals surface area contributed by atoms with Gasteiger partial charge in [-0.1, -0.05) is 0 Å². The van der Waals surface area contributed by atoms with E-state index < -0.39 is 5.41 Å². The fourth-order valence-corrected chi connectivity index (χ4v) is 2.36. The molecule has 0 aromatic carbocycles. The number of fused-ring (bicyclic) bond motifs is 1. The number of anilines is 2. The van der Waals surface area contributed by atoms with Gasteiger partial charge in [0.25, 0.3) is 0 Å². The summed E-state index contributed by atoms with van der Waals surface area (Å²) in [5.41, 5.74) is 7.48. The number of hydrogen-bond donors (Lipinski definition) is 3. The summed E-state index contributed by atoms with van der Waals surface area (Å²) in [6.45, 7) is -0.135. The lowest BCUT2D eigenvalue weighted by molar-refractivity contribution is 0.143. The average Bonchev–Trinajstić information content (AvgIpc) is 3.03. The summed E-state index contributed by atoms with van der Waals surface area (Å²) in [6, 6.07) is 0. The molecule has 0 atom stereocenters. The number of nitrogens with zero attached hydrogens (tertiary/aromatic N) is 5. The van der Waals surface area contributed by atoms with E-state index in [1.54, 1.807) is 10.9 Å². The van der Waals surface area contributed by atoms with Crippen LogP contribution in [0.5, 0.6) is 0 Å². The molecule has 1 aliphatic rings. The molecule has 112 valence electrons. The molecular weight excluding hydrogens is 272 g/mol. The molecule has 1 saturated carbocycles. The van der Waals surface area contributed by atoms with Gasteiger partial charge in [-0.3, -0.25) is 4.57 Å². The Balaban J connectivity index is 2.08. The van der Waals surface area contributed by atoms with E-state index >= 15 is 0 Å². The molecule has 0 saturated heterocycles. The molecule has 21 heavy (non-hydrogen) atoms. The summed E-state index contributed by atoms with van der Waals surface area (Å²) in [6.07, 6.45) is 4.14. The third-order valence-electron chi connectivity index (χ3n) is 3.83. The first kappa shape index (κ1) is 13.8. The molecule has 3 rings (SSSR count). The molecular formula is C13H18N6O2. The van der Waals surface area contributed by atoms with E-state index in [2.05, 4.69) is 15.0 Å². The predicted octanol–water partition coefficient (Wildman–Crippen LogP) is -0.310. The van der Waals surface area contributed by atoms with Crippen molar-refractivity contribution < 1.29 is 10.2 Å². The van der Waals surface area contributed by atoms with Crippen molar-refractivity contribution in [3.8, 4) is 0 Å². The van der Waals surface area contributed by atoms with Crippen LogP contribution in [0.25, 0.3) is 17.4 Å². The monoisotopic (exact) mass is 290 g/mol. The van der Waals surface area contributed by atoms with Gasteiger partial charge in [-0.15, -0.1) is 0 Å². The van der Waals surface area contributed by atoms with Gasteiger partial charge in [-0.25, -0.2) is 4.98 Å². The quantitative estimate of drug-likeness (QED) is 0.707. The fourth-order valence-electron chi connectivity index (χ4n) is 2.36. The summed E-state index contributed by atoms with van der Waals surface area (Å²) in [5, 5.41) is 18.7. The van der Waals surface area contributed by atoms with Gasteiger partial charge in [-0.2, -0.15) is 9.97 Å². The number of aliphatic hydroxyl groups excluding tert-OH is 2. The van der Waals surface area contributed by atoms with Crippen LogP contribution in [0.3, 0.4) is 0 Å². The fraction of sp³-hybridized carbons (Fsp3) is 0.462. The molecule has 2 aromatic rings. The Hall–Kier alpha value is -2.19. The van der Waals surface area contributed by atoms with E-state index in [0.717, 1.165) is 5.57 Å². The first-order chi connectivity index (χ1) is 10.0. The summed E-state index contributed by atoms with van der Waals surface area (Å²) in [5.74, 6) is 0.832. The van der Waals surface area contributed by atoms with Gasteiger partial charge in [-0.05, 0) is 12.0 Å². The Labute approximate surface area is 121 Å². The van der Waals surface area contributed by atoms with Crippen LogP contribution in [0, 0.1) is 5.41 Å². The Morgan fingerprint density at radius 1 is 1.38 bits per heavy atom. The molecule has 0 radical (unpaired) electrons. The van der Waals surface area contributed by atoms with Crippen LogP contribution in [0.2, 0.25) is 0 Å². The number of aromatic nitrogens is 4. The first-order valence-corrected chi connectivity index (χ1v) is 6.61. The highest BCUT2D eigenvalue weighted by Gasteiger charge is 2.48. The number of hydrogen-bond acceptors (Lipinski definition) is 7. The number of aliphatic hydroxyl groups is 2. The van der Waals surface area contributed by atoms with Gasteiger partial charge in [0.1, 0.15) is 6.33 Å². The third kappa shape index (κ3) is 2.12. The number of nitrogen functional groups attached to an aromatic ring is 1. The van der Waals surface area contributed by atoms with Crippen LogP contribution in [0.1, 0.15) is 6.42 Å². The van der Waals surface area contributed by atoms with E-state index in [1.165, 1.54) is 0 Å². The van der Waals surface area contributed by atoms with Crippen molar-refractivity contribution in [1.29, 1.82) is 0 Å². The van der Waals surface area contributed by atoms with Crippen LogP contribution in [-0.4, -0.2) is 57.0 Å². The average molecular weight is 290 g/mol. The van der Waals surface area contributed by atoms with Crippen molar-refractivity contribution in [2.75, 3.05) is 37.9 Å². The Morgan fingerprint density at radius 2 is 2.10 bits per heavy atom. The topological polar surface area (TPSA) is 113 Å². The lowest BCUT2D eigenvalue weighted by Gasteiger charge is -2.11. The molecule has 0 aliphatic heterocycles. The standard InChI is InChI=1S/C13H18N6O2/c1-18(2)10-9-11(17-12(14)16-10)19(7-15-9)4-8-3-13(8,5-20)6-21/h4,7,20-21H,3,5-6H2,1-2H3,(H2,14,16,17)/b8-4-. The highest BCUT2D eigenvalue weighted by atomic mass is 16.3. The summed E-state index contributed by atoms with van der Waals surface area (Å²) in [7, 11) is 3.73. The summed E-state index contributed by atoms with van der Waals surface area (Å²) >= 11 is 0. The van der Waals surface area contributed by atoms with E-state index in [-0.39, 0.29) is 19.2 Å². The van der Waals surface area contributed by atoms with Gasteiger partial charge < -0.3 is 20.8 Å². The van der Waals surface area contributed by atoms with E-state index in [0.29, 0.717) is 23.4 Å². The smallest absolute Gasteiger partial charge is 0.224 e. The second-order valence-corrected chi connectivity index (χ2v) is 5.55. The van der Waals surface area contributed by atoms with Crippen LogP contribution in [-0.2, 0) is 0 Å². The highest BCUT2D eigenvalue weighted by molar-refractivity contribution is 5.86. The molecule has 8 heteroatoms. The van der Waals surface area contributed by atoms with Crippen molar-refractivity contribution in [2.45, 2.75) is 6.42 Å². The third-order valence-corrected chi connectivity index (χ3v) is 3.83. The maximum atomic E-state index is 9.35. The van der Waals surface area contributed by atoms with Gasteiger partial charge in [0.2, 0.25) is 5.95 Å².